The highest BCUT2D eigenvalue weighted by Crippen LogP contribution is 2.21. The summed E-state index contributed by atoms with van der Waals surface area (Å²) in [6.45, 7) is 3.64. The van der Waals surface area contributed by atoms with E-state index < -0.39 is 10.0 Å². The van der Waals surface area contributed by atoms with Gasteiger partial charge in [0.05, 0.1) is 17.9 Å². The number of piperazine rings is 1. The van der Waals surface area contributed by atoms with E-state index in [2.05, 4.69) is 15.9 Å². The van der Waals surface area contributed by atoms with Crippen LogP contribution < -0.4 is 4.74 Å². The van der Waals surface area contributed by atoms with Gasteiger partial charge in [0.2, 0.25) is 15.9 Å². The maximum absolute atomic E-state index is 12.8. The van der Waals surface area contributed by atoms with Gasteiger partial charge in [-0.25, -0.2) is 8.42 Å². The molecule has 0 bridgehead atoms. The second kappa shape index (κ2) is 9.07. The van der Waals surface area contributed by atoms with E-state index in [0.717, 1.165) is 15.8 Å². The predicted octanol–water partition coefficient (Wildman–Crippen LogP) is 3.06. The fraction of sp³-hybridized carbons (Fsp3) is 0.350. The summed E-state index contributed by atoms with van der Waals surface area (Å²) in [5.74, 6) is 0.727. The SMILES string of the molecule is Cc1cccc(OCCC(=O)N2CCN(S(=O)(=O)c3cccc(Br)c3)CC2)c1. The zero-order chi connectivity index (χ0) is 20.1. The second-order valence-corrected chi connectivity index (χ2v) is 9.51. The lowest BCUT2D eigenvalue weighted by Gasteiger charge is -2.34. The molecule has 0 saturated carbocycles. The third kappa shape index (κ3) is 5.12. The molecule has 0 N–H and O–H groups in total. The average molecular weight is 467 g/mol. The molecule has 1 aliphatic heterocycles. The molecule has 8 heteroatoms. The van der Waals surface area contributed by atoms with Crippen molar-refractivity contribution < 1.29 is 17.9 Å². The summed E-state index contributed by atoms with van der Waals surface area (Å²) in [6, 6.07) is 14.4. The van der Waals surface area contributed by atoms with Gasteiger partial charge in [-0.15, -0.1) is 0 Å². The van der Waals surface area contributed by atoms with Gasteiger partial charge in [0.15, 0.2) is 0 Å². The van der Waals surface area contributed by atoms with E-state index in [9.17, 15) is 13.2 Å². The van der Waals surface area contributed by atoms with E-state index in [-0.39, 0.29) is 17.2 Å². The van der Waals surface area contributed by atoms with Crippen LogP contribution in [0.15, 0.2) is 57.9 Å². The molecule has 2 aromatic rings. The molecule has 0 atom stereocenters. The number of sulfonamides is 1. The van der Waals surface area contributed by atoms with Crippen LogP contribution >= 0.6 is 15.9 Å². The van der Waals surface area contributed by atoms with Crippen molar-refractivity contribution in [2.24, 2.45) is 0 Å². The molecule has 6 nitrogen and oxygen atoms in total. The fourth-order valence-corrected chi connectivity index (χ4v) is 5.09. The molecule has 0 aliphatic carbocycles. The van der Waals surface area contributed by atoms with E-state index in [1.807, 2.05) is 31.2 Å². The number of benzene rings is 2. The zero-order valence-corrected chi connectivity index (χ0v) is 18.1. The van der Waals surface area contributed by atoms with Crippen molar-refractivity contribution in [3.05, 3.63) is 58.6 Å². The number of nitrogens with zero attached hydrogens (tertiary/aromatic N) is 2. The van der Waals surface area contributed by atoms with Gasteiger partial charge >= 0.3 is 0 Å². The molecule has 1 fully saturated rings. The van der Waals surface area contributed by atoms with Crippen LogP contribution in [0.3, 0.4) is 0 Å². The third-order valence-electron chi connectivity index (χ3n) is 4.60. The standard InChI is InChI=1S/C20H23BrN2O4S/c1-16-4-2-6-18(14-16)27-13-8-20(24)22-9-11-23(12-10-22)28(25,26)19-7-3-5-17(21)15-19/h2-7,14-15H,8-13H2,1H3. The van der Waals surface area contributed by atoms with Crippen LogP contribution in [0.25, 0.3) is 0 Å². The molecule has 0 unspecified atom stereocenters. The van der Waals surface area contributed by atoms with Crippen LogP contribution in [0.4, 0.5) is 0 Å². The summed E-state index contributed by atoms with van der Waals surface area (Å²) in [7, 11) is -3.55. The minimum Gasteiger partial charge on any atom is -0.493 e. The van der Waals surface area contributed by atoms with Crippen molar-refractivity contribution in [1.29, 1.82) is 0 Å². The van der Waals surface area contributed by atoms with E-state index >= 15 is 0 Å². The largest absolute Gasteiger partial charge is 0.493 e. The summed E-state index contributed by atoms with van der Waals surface area (Å²) in [5.41, 5.74) is 1.10. The molecule has 1 amide bonds. The van der Waals surface area contributed by atoms with E-state index in [4.69, 9.17) is 4.74 Å². The Bertz CT molecular complexity index is 941. The summed E-state index contributed by atoms with van der Waals surface area (Å²) in [4.78, 5) is 14.4. The van der Waals surface area contributed by atoms with Crippen molar-refractivity contribution >= 4 is 31.9 Å². The normalized spacial score (nSPS) is 15.4. The molecule has 1 aliphatic rings. The second-order valence-electron chi connectivity index (χ2n) is 6.66. The molecule has 150 valence electrons. The minimum atomic E-state index is -3.55. The first-order chi connectivity index (χ1) is 13.4. The summed E-state index contributed by atoms with van der Waals surface area (Å²) in [5, 5.41) is 0. The van der Waals surface area contributed by atoms with Gasteiger partial charge in [-0.05, 0) is 42.8 Å². The maximum Gasteiger partial charge on any atom is 0.243 e. The maximum atomic E-state index is 12.8. The average Bonchev–Trinajstić information content (AvgIpc) is 2.68. The first-order valence-electron chi connectivity index (χ1n) is 9.09. The number of hydrogen-bond donors (Lipinski definition) is 0. The number of rotatable bonds is 6. The molecule has 0 spiro atoms. The van der Waals surface area contributed by atoms with Crippen LogP contribution in [0.1, 0.15) is 12.0 Å². The number of carbonyl (C=O) groups excluding carboxylic acids is 1. The topological polar surface area (TPSA) is 66.9 Å². The Morgan fingerprint density at radius 2 is 1.79 bits per heavy atom. The van der Waals surface area contributed by atoms with Crippen LogP contribution in [0.5, 0.6) is 5.75 Å². The van der Waals surface area contributed by atoms with Crippen molar-refractivity contribution in [3.63, 3.8) is 0 Å². The lowest BCUT2D eigenvalue weighted by Crippen LogP contribution is -2.50. The smallest absolute Gasteiger partial charge is 0.243 e. The van der Waals surface area contributed by atoms with Crippen LogP contribution in [0, 0.1) is 6.92 Å². The molecule has 1 saturated heterocycles. The molecule has 0 aromatic heterocycles. The zero-order valence-electron chi connectivity index (χ0n) is 15.7. The molecule has 1 heterocycles. The minimum absolute atomic E-state index is 0.0212. The lowest BCUT2D eigenvalue weighted by molar-refractivity contribution is -0.132. The highest BCUT2D eigenvalue weighted by atomic mass is 79.9. The lowest BCUT2D eigenvalue weighted by atomic mass is 10.2. The Morgan fingerprint density at radius 3 is 2.46 bits per heavy atom. The quantitative estimate of drug-likeness (QED) is 0.655. The van der Waals surface area contributed by atoms with E-state index in [1.165, 1.54) is 4.31 Å². The molecule has 0 radical (unpaired) electrons. The summed E-state index contributed by atoms with van der Waals surface area (Å²) in [6.07, 6.45) is 0.270. The van der Waals surface area contributed by atoms with E-state index in [0.29, 0.717) is 32.8 Å². The number of ether oxygens (including phenoxy) is 1. The van der Waals surface area contributed by atoms with Gasteiger partial charge in [0, 0.05) is 30.7 Å². The first kappa shape index (κ1) is 20.8. The van der Waals surface area contributed by atoms with Gasteiger partial charge in [0.1, 0.15) is 5.75 Å². The van der Waals surface area contributed by atoms with Gasteiger partial charge in [-0.3, -0.25) is 4.79 Å². The predicted molar refractivity (Wildman–Crippen MR) is 111 cm³/mol. The molecular weight excluding hydrogens is 444 g/mol. The van der Waals surface area contributed by atoms with Crippen molar-refractivity contribution in [3.8, 4) is 5.75 Å². The van der Waals surface area contributed by atoms with Crippen LogP contribution in [0.2, 0.25) is 0 Å². The van der Waals surface area contributed by atoms with Crippen molar-refractivity contribution in [1.82, 2.24) is 9.21 Å². The number of halogens is 1. The van der Waals surface area contributed by atoms with Gasteiger partial charge in [-0.2, -0.15) is 4.31 Å². The molecular formula is C20H23BrN2O4S. The van der Waals surface area contributed by atoms with Gasteiger partial charge in [0.25, 0.3) is 0 Å². The number of hydrogen-bond acceptors (Lipinski definition) is 4. The van der Waals surface area contributed by atoms with Gasteiger partial charge in [-0.1, -0.05) is 34.1 Å². The Labute approximate surface area is 174 Å². The Balaban J connectivity index is 1.50. The van der Waals surface area contributed by atoms with Crippen molar-refractivity contribution in [2.45, 2.75) is 18.2 Å². The summed E-state index contributed by atoms with van der Waals surface area (Å²) < 4.78 is 33.3. The summed E-state index contributed by atoms with van der Waals surface area (Å²) >= 11 is 3.30. The molecule has 2 aromatic carbocycles. The van der Waals surface area contributed by atoms with E-state index in [1.54, 1.807) is 29.2 Å². The molecule has 3 rings (SSSR count). The van der Waals surface area contributed by atoms with Crippen LogP contribution in [-0.4, -0.2) is 56.3 Å². The highest BCUT2D eigenvalue weighted by molar-refractivity contribution is 9.10. The Hall–Kier alpha value is -1.90. The van der Waals surface area contributed by atoms with Gasteiger partial charge < -0.3 is 9.64 Å². The fourth-order valence-electron chi connectivity index (χ4n) is 3.07. The number of amides is 1. The van der Waals surface area contributed by atoms with Crippen LogP contribution in [-0.2, 0) is 14.8 Å². The molecule has 28 heavy (non-hydrogen) atoms. The highest BCUT2D eigenvalue weighted by Gasteiger charge is 2.30. The Morgan fingerprint density at radius 1 is 1.07 bits per heavy atom. The number of aryl methyl sites for hydroxylation is 1. The third-order valence-corrected chi connectivity index (χ3v) is 6.99. The first-order valence-corrected chi connectivity index (χ1v) is 11.3. The van der Waals surface area contributed by atoms with Crippen molar-refractivity contribution in [2.75, 3.05) is 32.8 Å². The monoisotopic (exact) mass is 466 g/mol. The number of carbonyl (C=O) groups is 1. The Kier molecular flexibility index (Phi) is 6.74.